The van der Waals surface area contributed by atoms with E-state index in [-0.39, 0.29) is 23.3 Å². The Hall–Kier alpha value is -3.44. The number of carbonyl (C=O) groups is 1. The lowest BCUT2D eigenvalue weighted by atomic mass is 10.0. The molecule has 0 atom stereocenters. The second-order valence-corrected chi connectivity index (χ2v) is 8.78. The standard InChI is InChI=1S/C27H25ClN2O3/c1-17(2)14-23-26(28)29-24(25(31)21-11-10-19-6-4-5-7-20(19)15-21)27(32)30(23)16-18-8-12-22(33-3)13-9-18/h4-13,15,17H,14,16H2,1-3H3. The molecule has 4 aromatic rings. The van der Waals surface area contributed by atoms with Crippen LogP contribution in [0.3, 0.4) is 0 Å². The Kier molecular flexibility index (Phi) is 6.61. The summed E-state index contributed by atoms with van der Waals surface area (Å²) in [6.45, 7) is 4.38. The molecule has 0 radical (unpaired) electrons. The van der Waals surface area contributed by atoms with Crippen molar-refractivity contribution < 1.29 is 9.53 Å². The molecule has 6 heteroatoms. The van der Waals surface area contributed by atoms with Gasteiger partial charge in [0, 0.05) is 5.56 Å². The van der Waals surface area contributed by atoms with Crippen LogP contribution in [0.4, 0.5) is 0 Å². The summed E-state index contributed by atoms with van der Waals surface area (Å²) in [5.74, 6) is 0.550. The molecule has 0 aliphatic carbocycles. The van der Waals surface area contributed by atoms with Crippen molar-refractivity contribution in [2.24, 2.45) is 5.92 Å². The van der Waals surface area contributed by atoms with Gasteiger partial charge in [-0.1, -0.05) is 74.0 Å². The molecule has 0 N–H and O–H groups in total. The van der Waals surface area contributed by atoms with Crippen molar-refractivity contribution in [3.8, 4) is 5.75 Å². The third-order valence-corrected chi connectivity index (χ3v) is 5.85. The molecular formula is C27H25ClN2O3. The third kappa shape index (κ3) is 4.83. The van der Waals surface area contributed by atoms with Gasteiger partial charge in [-0.25, -0.2) is 4.98 Å². The lowest BCUT2D eigenvalue weighted by molar-refractivity contribution is 0.103. The normalized spacial score (nSPS) is 11.2. The Labute approximate surface area is 197 Å². The average molecular weight is 461 g/mol. The molecule has 3 aromatic carbocycles. The predicted molar refractivity (Wildman–Crippen MR) is 132 cm³/mol. The minimum absolute atomic E-state index is 0.170. The van der Waals surface area contributed by atoms with Gasteiger partial charge in [-0.3, -0.25) is 9.59 Å². The highest BCUT2D eigenvalue weighted by molar-refractivity contribution is 6.30. The Morgan fingerprint density at radius 3 is 2.39 bits per heavy atom. The molecule has 168 valence electrons. The largest absolute Gasteiger partial charge is 0.497 e. The van der Waals surface area contributed by atoms with Crippen LogP contribution in [0.2, 0.25) is 5.15 Å². The van der Waals surface area contributed by atoms with Crippen LogP contribution >= 0.6 is 11.6 Å². The highest BCUT2D eigenvalue weighted by Gasteiger charge is 2.22. The van der Waals surface area contributed by atoms with Crippen molar-refractivity contribution in [3.63, 3.8) is 0 Å². The fourth-order valence-corrected chi connectivity index (χ4v) is 4.11. The van der Waals surface area contributed by atoms with E-state index < -0.39 is 11.3 Å². The van der Waals surface area contributed by atoms with Gasteiger partial charge in [0.15, 0.2) is 5.69 Å². The van der Waals surface area contributed by atoms with E-state index in [1.54, 1.807) is 23.8 Å². The van der Waals surface area contributed by atoms with Gasteiger partial charge in [0.05, 0.1) is 19.3 Å². The maximum absolute atomic E-state index is 13.5. The van der Waals surface area contributed by atoms with Gasteiger partial charge in [0.2, 0.25) is 5.78 Å². The lowest BCUT2D eigenvalue weighted by Crippen LogP contribution is -2.32. The summed E-state index contributed by atoms with van der Waals surface area (Å²) in [6, 6.07) is 20.6. The summed E-state index contributed by atoms with van der Waals surface area (Å²) in [5, 5.41) is 2.12. The van der Waals surface area contributed by atoms with Gasteiger partial charge in [-0.05, 0) is 46.9 Å². The number of methoxy groups -OCH3 is 1. The number of aromatic nitrogens is 2. The van der Waals surface area contributed by atoms with Crippen LogP contribution in [0, 0.1) is 5.92 Å². The Bertz CT molecular complexity index is 1370. The highest BCUT2D eigenvalue weighted by atomic mass is 35.5. The van der Waals surface area contributed by atoms with Crippen molar-refractivity contribution in [3.05, 3.63) is 105 Å². The topological polar surface area (TPSA) is 61.2 Å². The quantitative estimate of drug-likeness (QED) is 0.340. The molecule has 1 aromatic heterocycles. The molecule has 0 bridgehead atoms. The van der Waals surface area contributed by atoms with E-state index in [1.165, 1.54) is 0 Å². The number of hydrogen-bond donors (Lipinski definition) is 0. The molecule has 0 saturated carbocycles. The van der Waals surface area contributed by atoms with Crippen LogP contribution in [0.5, 0.6) is 5.75 Å². The van der Waals surface area contributed by atoms with Crippen LogP contribution in [-0.2, 0) is 13.0 Å². The first-order valence-corrected chi connectivity index (χ1v) is 11.2. The van der Waals surface area contributed by atoms with Crippen LogP contribution < -0.4 is 10.3 Å². The smallest absolute Gasteiger partial charge is 0.281 e. The van der Waals surface area contributed by atoms with Crippen LogP contribution in [0.15, 0.2) is 71.5 Å². The number of nitrogens with zero attached hydrogens (tertiary/aromatic N) is 2. The van der Waals surface area contributed by atoms with Crippen molar-refractivity contribution in [1.82, 2.24) is 9.55 Å². The first kappa shape index (κ1) is 22.7. The summed E-state index contributed by atoms with van der Waals surface area (Å²) < 4.78 is 6.80. The van der Waals surface area contributed by atoms with Crippen molar-refractivity contribution in [1.29, 1.82) is 0 Å². The SMILES string of the molecule is COc1ccc(Cn2c(CC(C)C)c(Cl)nc(C(=O)c3ccc4ccccc4c3)c2=O)cc1. The molecule has 0 spiro atoms. The molecule has 33 heavy (non-hydrogen) atoms. The molecule has 0 amide bonds. The number of ketones is 1. The highest BCUT2D eigenvalue weighted by Crippen LogP contribution is 2.21. The van der Waals surface area contributed by atoms with E-state index >= 15 is 0 Å². The predicted octanol–water partition coefficient (Wildman–Crippen LogP) is 5.54. The monoisotopic (exact) mass is 460 g/mol. The third-order valence-electron chi connectivity index (χ3n) is 5.55. The zero-order valence-electron chi connectivity index (χ0n) is 18.8. The second-order valence-electron chi connectivity index (χ2n) is 8.43. The van der Waals surface area contributed by atoms with Gasteiger partial charge >= 0.3 is 0 Å². The van der Waals surface area contributed by atoms with E-state index in [2.05, 4.69) is 4.98 Å². The minimum Gasteiger partial charge on any atom is -0.497 e. The van der Waals surface area contributed by atoms with Gasteiger partial charge in [0.1, 0.15) is 10.9 Å². The van der Waals surface area contributed by atoms with Gasteiger partial charge in [-0.2, -0.15) is 0 Å². The van der Waals surface area contributed by atoms with E-state index in [9.17, 15) is 9.59 Å². The first-order valence-electron chi connectivity index (χ1n) is 10.8. The van der Waals surface area contributed by atoms with E-state index in [4.69, 9.17) is 16.3 Å². The molecule has 4 rings (SSSR count). The Morgan fingerprint density at radius 1 is 1.03 bits per heavy atom. The lowest BCUT2D eigenvalue weighted by Gasteiger charge is -2.17. The molecule has 0 unspecified atom stereocenters. The minimum atomic E-state index is -0.441. The molecular weight excluding hydrogens is 436 g/mol. The van der Waals surface area contributed by atoms with Gasteiger partial charge in [0.25, 0.3) is 5.56 Å². The number of halogens is 1. The summed E-state index contributed by atoms with van der Waals surface area (Å²) in [5.41, 5.74) is 1.32. The zero-order chi connectivity index (χ0) is 23.5. The maximum atomic E-state index is 13.5. The summed E-state index contributed by atoms with van der Waals surface area (Å²) in [7, 11) is 1.60. The van der Waals surface area contributed by atoms with Crippen LogP contribution in [0.1, 0.15) is 41.2 Å². The van der Waals surface area contributed by atoms with Gasteiger partial charge < -0.3 is 9.30 Å². The Balaban J connectivity index is 1.80. The van der Waals surface area contributed by atoms with Gasteiger partial charge in [-0.15, -0.1) is 0 Å². The fourth-order valence-electron chi connectivity index (χ4n) is 3.85. The number of hydrogen-bond acceptors (Lipinski definition) is 4. The number of rotatable bonds is 7. The van der Waals surface area contributed by atoms with Crippen molar-refractivity contribution in [2.45, 2.75) is 26.8 Å². The van der Waals surface area contributed by atoms with Crippen LogP contribution in [0.25, 0.3) is 10.8 Å². The molecule has 1 heterocycles. The first-order chi connectivity index (χ1) is 15.9. The van der Waals surface area contributed by atoms with E-state index in [1.807, 2.05) is 68.4 Å². The number of fused-ring (bicyclic) bond motifs is 1. The number of ether oxygens (including phenoxy) is 1. The molecule has 0 saturated heterocycles. The summed E-state index contributed by atoms with van der Waals surface area (Å²) in [6.07, 6.45) is 0.571. The van der Waals surface area contributed by atoms with E-state index in [0.717, 1.165) is 22.1 Å². The molecule has 0 aliphatic rings. The second kappa shape index (κ2) is 9.59. The average Bonchev–Trinajstić information content (AvgIpc) is 2.82. The van der Waals surface area contributed by atoms with Crippen LogP contribution in [-0.4, -0.2) is 22.4 Å². The Morgan fingerprint density at radius 2 is 1.73 bits per heavy atom. The summed E-state index contributed by atoms with van der Waals surface area (Å²) >= 11 is 6.55. The van der Waals surface area contributed by atoms with E-state index in [0.29, 0.717) is 17.7 Å². The molecule has 5 nitrogen and oxygen atoms in total. The van der Waals surface area contributed by atoms with Crippen molar-refractivity contribution >= 4 is 28.2 Å². The number of carbonyl (C=O) groups excluding carboxylic acids is 1. The van der Waals surface area contributed by atoms with Crippen molar-refractivity contribution in [2.75, 3.05) is 7.11 Å². The zero-order valence-corrected chi connectivity index (χ0v) is 19.6. The fraction of sp³-hybridized carbons (Fsp3) is 0.222. The molecule has 0 fully saturated rings. The molecule has 0 aliphatic heterocycles. The number of benzene rings is 3. The maximum Gasteiger partial charge on any atom is 0.281 e. The summed E-state index contributed by atoms with van der Waals surface area (Å²) in [4.78, 5) is 31.1.